The molecule has 1 heterocycles. The SMILES string of the molecule is CC(C)(C(=O)O)n1cc(NC(=O)COC2CCCC2)cn1. The highest BCUT2D eigenvalue weighted by atomic mass is 16.5. The van der Waals surface area contributed by atoms with E-state index >= 15 is 0 Å². The van der Waals surface area contributed by atoms with Crippen LogP contribution < -0.4 is 5.32 Å². The minimum absolute atomic E-state index is 0.0121. The summed E-state index contributed by atoms with van der Waals surface area (Å²) in [4.78, 5) is 22.9. The van der Waals surface area contributed by atoms with Crippen LogP contribution in [0.15, 0.2) is 12.4 Å². The summed E-state index contributed by atoms with van der Waals surface area (Å²) < 4.78 is 6.82. The standard InChI is InChI=1S/C14H21N3O4/c1-14(2,13(19)20)17-8-10(7-15-17)16-12(18)9-21-11-5-3-4-6-11/h7-8,11H,3-6,9H2,1-2H3,(H,16,18)(H,19,20). The molecule has 0 bridgehead atoms. The number of carbonyl (C=O) groups excluding carboxylic acids is 1. The first kappa shape index (κ1) is 15.5. The van der Waals surface area contributed by atoms with Crippen LogP contribution >= 0.6 is 0 Å². The normalized spacial score (nSPS) is 16.1. The molecule has 0 saturated heterocycles. The van der Waals surface area contributed by atoms with Gasteiger partial charge in [0.25, 0.3) is 0 Å². The van der Waals surface area contributed by atoms with Gasteiger partial charge >= 0.3 is 5.97 Å². The topological polar surface area (TPSA) is 93.5 Å². The van der Waals surface area contributed by atoms with E-state index in [1.165, 1.54) is 30.9 Å². The maximum atomic E-state index is 11.8. The van der Waals surface area contributed by atoms with Gasteiger partial charge < -0.3 is 15.2 Å². The van der Waals surface area contributed by atoms with E-state index in [1.807, 2.05) is 0 Å². The van der Waals surface area contributed by atoms with Crippen LogP contribution in [-0.4, -0.2) is 39.5 Å². The minimum atomic E-state index is -1.16. The number of rotatable bonds is 6. The minimum Gasteiger partial charge on any atom is -0.479 e. The van der Waals surface area contributed by atoms with Crippen molar-refractivity contribution in [2.24, 2.45) is 0 Å². The molecule has 2 rings (SSSR count). The van der Waals surface area contributed by atoms with Gasteiger partial charge in [0.15, 0.2) is 5.54 Å². The molecule has 7 nitrogen and oxygen atoms in total. The van der Waals surface area contributed by atoms with Crippen LogP contribution in [0.1, 0.15) is 39.5 Å². The number of anilines is 1. The number of nitrogens with zero attached hydrogens (tertiary/aromatic N) is 2. The van der Waals surface area contributed by atoms with E-state index in [9.17, 15) is 9.59 Å². The van der Waals surface area contributed by atoms with Crippen molar-refractivity contribution in [3.05, 3.63) is 12.4 Å². The van der Waals surface area contributed by atoms with Crippen LogP contribution in [0.25, 0.3) is 0 Å². The Morgan fingerprint density at radius 2 is 2.14 bits per heavy atom. The Kier molecular flexibility index (Phi) is 4.62. The molecule has 2 N–H and O–H groups in total. The maximum Gasteiger partial charge on any atom is 0.331 e. The van der Waals surface area contributed by atoms with E-state index in [2.05, 4.69) is 10.4 Å². The van der Waals surface area contributed by atoms with E-state index in [1.54, 1.807) is 0 Å². The van der Waals surface area contributed by atoms with Crippen LogP contribution in [0.5, 0.6) is 0 Å². The van der Waals surface area contributed by atoms with Crippen LogP contribution in [0.4, 0.5) is 5.69 Å². The second-order valence-electron chi connectivity index (χ2n) is 5.80. The Morgan fingerprint density at radius 3 is 2.76 bits per heavy atom. The molecular weight excluding hydrogens is 274 g/mol. The summed E-state index contributed by atoms with van der Waals surface area (Å²) in [6.07, 6.45) is 7.45. The van der Waals surface area contributed by atoms with E-state index in [0.717, 1.165) is 25.7 Å². The van der Waals surface area contributed by atoms with Gasteiger partial charge in [0.1, 0.15) is 6.61 Å². The van der Waals surface area contributed by atoms with Crippen molar-refractivity contribution < 1.29 is 19.4 Å². The number of nitrogens with one attached hydrogen (secondary N) is 1. The summed E-state index contributed by atoms with van der Waals surface area (Å²) in [5, 5.41) is 15.8. The molecule has 21 heavy (non-hydrogen) atoms. The summed E-state index contributed by atoms with van der Waals surface area (Å²) >= 11 is 0. The van der Waals surface area contributed by atoms with Crippen molar-refractivity contribution in [1.29, 1.82) is 0 Å². The zero-order valence-electron chi connectivity index (χ0n) is 12.3. The van der Waals surface area contributed by atoms with E-state index in [0.29, 0.717) is 5.69 Å². The van der Waals surface area contributed by atoms with Crippen LogP contribution in [0.2, 0.25) is 0 Å². The highest BCUT2D eigenvalue weighted by Crippen LogP contribution is 2.21. The van der Waals surface area contributed by atoms with E-state index in [4.69, 9.17) is 9.84 Å². The Hall–Kier alpha value is -1.89. The highest BCUT2D eigenvalue weighted by molar-refractivity contribution is 5.91. The van der Waals surface area contributed by atoms with Crippen LogP contribution in [0, 0.1) is 0 Å². The maximum absolute atomic E-state index is 11.8. The van der Waals surface area contributed by atoms with Crippen molar-refractivity contribution in [2.45, 2.75) is 51.2 Å². The first-order valence-corrected chi connectivity index (χ1v) is 7.09. The van der Waals surface area contributed by atoms with E-state index < -0.39 is 11.5 Å². The zero-order valence-corrected chi connectivity index (χ0v) is 12.3. The van der Waals surface area contributed by atoms with Crippen LogP contribution in [-0.2, 0) is 19.9 Å². The average molecular weight is 295 g/mol. The number of carboxylic acids is 1. The molecule has 0 aromatic carbocycles. The van der Waals surface area contributed by atoms with Gasteiger partial charge in [0.2, 0.25) is 5.91 Å². The largest absolute Gasteiger partial charge is 0.479 e. The predicted octanol–water partition coefficient (Wildman–Crippen LogP) is 1.60. The third kappa shape index (κ3) is 3.81. The number of hydrogen-bond acceptors (Lipinski definition) is 4. The summed E-state index contributed by atoms with van der Waals surface area (Å²) in [5.74, 6) is -1.25. The van der Waals surface area contributed by atoms with Gasteiger partial charge in [-0.3, -0.25) is 9.48 Å². The molecular formula is C14H21N3O4. The smallest absolute Gasteiger partial charge is 0.331 e. The third-order valence-corrected chi connectivity index (χ3v) is 3.71. The lowest BCUT2D eigenvalue weighted by Gasteiger charge is -2.19. The summed E-state index contributed by atoms with van der Waals surface area (Å²) in [5.41, 5.74) is -0.701. The molecule has 0 aliphatic heterocycles. The predicted molar refractivity (Wildman–Crippen MR) is 76.0 cm³/mol. The van der Waals surface area contributed by atoms with Gasteiger partial charge in [-0.2, -0.15) is 5.10 Å². The van der Waals surface area contributed by atoms with Crippen molar-refractivity contribution in [2.75, 3.05) is 11.9 Å². The molecule has 1 aliphatic carbocycles. The molecule has 1 amide bonds. The van der Waals surface area contributed by atoms with Crippen molar-refractivity contribution in [3.63, 3.8) is 0 Å². The lowest BCUT2D eigenvalue weighted by Crippen LogP contribution is -2.35. The highest BCUT2D eigenvalue weighted by Gasteiger charge is 2.30. The first-order valence-electron chi connectivity index (χ1n) is 7.09. The summed E-state index contributed by atoms with van der Waals surface area (Å²) in [6, 6.07) is 0. The summed E-state index contributed by atoms with van der Waals surface area (Å²) in [7, 11) is 0. The molecule has 1 aliphatic rings. The third-order valence-electron chi connectivity index (χ3n) is 3.71. The Bertz CT molecular complexity index is 518. The lowest BCUT2D eigenvalue weighted by atomic mass is 10.1. The molecule has 1 aromatic rings. The number of ether oxygens (including phenoxy) is 1. The number of hydrogen-bond donors (Lipinski definition) is 2. The van der Waals surface area contributed by atoms with E-state index in [-0.39, 0.29) is 18.6 Å². The Labute approximate surface area is 123 Å². The monoisotopic (exact) mass is 295 g/mol. The fourth-order valence-corrected chi connectivity index (χ4v) is 2.24. The molecule has 116 valence electrons. The van der Waals surface area contributed by atoms with Gasteiger partial charge in [-0.25, -0.2) is 4.79 Å². The van der Waals surface area contributed by atoms with Gasteiger partial charge in [-0.1, -0.05) is 12.8 Å². The molecule has 0 atom stereocenters. The fourth-order valence-electron chi connectivity index (χ4n) is 2.24. The summed E-state index contributed by atoms with van der Waals surface area (Å²) in [6.45, 7) is 3.09. The lowest BCUT2D eigenvalue weighted by molar-refractivity contribution is -0.146. The Balaban J connectivity index is 1.87. The second kappa shape index (κ2) is 6.26. The van der Waals surface area contributed by atoms with Crippen molar-refractivity contribution >= 4 is 17.6 Å². The number of aromatic nitrogens is 2. The van der Waals surface area contributed by atoms with Crippen molar-refractivity contribution in [1.82, 2.24) is 9.78 Å². The fraction of sp³-hybridized carbons (Fsp3) is 0.643. The molecule has 7 heteroatoms. The van der Waals surface area contributed by atoms with Crippen molar-refractivity contribution in [3.8, 4) is 0 Å². The van der Waals surface area contributed by atoms with Gasteiger partial charge in [-0.05, 0) is 26.7 Å². The molecule has 0 spiro atoms. The molecule has 1 saturated carbocycles. The zero-order chi connectivity index (χ0) is 15.5. The number of carbonyl (C=O) groups is 2. The molecule has 0 unspecified atom stereocenters. The quantitative estimate of drug-likeness (QED) is 0.831. The number of amides is 1. The molecule has 1 aromatic heterocycles. The van der Waals surface area contributed by atoms with Crippen LogP contribution in [0.3, 0.4) is 0 Å². The first-order chi connectivity index (χ1) is 9.89. The Morgan fingerprint density at radius 1 is 1.48 bits per heavy atom. The second-order valence-corrected chi connectivity index (χ2v) is 5.80. The van der Waals surface area contributed by atoms with Gasteiger partial charge in [0, 0.05) is 6.20 Å². The molecule has 0 radical (unpaired) electrons. The number of aliphatic carboxylic acids is 1. The average Bonchev–Trinajstić information content (AvgIpc) is 3.07. The van der Waals surface area contributed by atoms with Gasteiger partial charge in [-0.15, -0.1) is 0 Å². The van der Waals surface area contributed by atoms with Gasteiger partial charge in [0.05, 0.1) is 18.0 Å². The molecule has 1 fully saturated rings. The number of carboxylic acid groups (broad SMARTS) is 1.